The van der Waals surface area contributed by atoms with E-state index in [9.17, 15) is 13.2 Å². The van der Waals surface area contributed by atoms with Crippen LogP contribution in [0.3, 0.4) is 0 Å². The number of benzene rings is 3. The first-order valence-corrected chi connectivity index (χ1v) is 11.9. The number of rotatable bonds is 7. The third-order valence-electron chi connectivity index (χ3n) is 4.51. The van der Waals surface area contributed by atoms with Crippen molar-refractivity contribution in [3.8, 4) is 5.75 Å². The van der Waals surface area contributed by atoms with E-state index in [0.29, 0.717) is 15.9 Å². The second kappa shape index (κ2) is 9.72. The smallest absolute Gasteiger partial charge is 0.264 e. The summed E-state index contributed by atoms with van der Waals surface area (Å²) < 4.78 is 33.9. The lowest BCUT2D eigenvalue weighted by Gasteiger charge is -2.23. The molecule has 0 bridgehead atoms. The third kappa shape index (κ3) is 5.03. The van der Waals surface area contributed by atoms with E-state index in [0.717, 1.165) is 0 Å². The maximum absolute atomic E-state index is 13.3. The highest BCUT2D eigenvalue weighted by Gasteiger charge is 2.25. The molecule has 0 fully saturated rings. The summed E-state index contributed by atoms with van der Waals surface area (Å²) in [6.45, 7) is 2.00. The first-order chi connectivity index (χ1) is 14.8. The minimum atomic E-state index is -3.87. The van der Waals surface area contributed by atoms with Crippen molar-refractivity contribution >= 4 is 54.8 Å². The summed E-state index contributed by atoms with van der Waals surface area (Å²) in [5.41, 5.74) is 1.01. The van der Waals surface area contributed by atoms with Gasteiger partial charge < -0.3 is 10.1 Å². The molecule has 0 spiro atoms. The highest BCUT2D eigenvalue weighted by atomic mass is 79.9. The molecule has 0 aliphatic heterocycles. The average Bonchev–Trinajstić information content (AvgIpc) is 2.76. The van der Waals surface area contributed by atoms with Crippen LogP contribution < -0.4 is 14.4 Å². The molecule has 0 atom stereocenters. The molecule has 162 valence electrons. The fourth-order valence-electron chi connectivity index (χ4n) is 3.02. The van der Waals surface area contributed by atoms with Crippen LogP contribution in [0.25, 0.3) is 0 Å². The van der Waals surface area contributed by atoms with Gasteiger partial charge in [0.1, 0.15) is 5.75 Å². The van der Waals surface area contributed by atoms with Crippen LogP contribution in [0.5, 0.6) is 5.75 Å². The van der Waals surface area contributed by atoms with Crippen molar-refractivity contribution in [2.75, 3.05) is 23.3 Å². The van der Waals surface area contributed by atoms with Gasteiger partial charge in [0.25, 0.3) is 15.9 Å². The van der Waals surface area contributed by atoms with Crippen LogP contribution in [-0.2, 0) is 10.0 Å². The molecule has 3 rings (SSSR count). The highest BCUT2D eigenvalue weighted by Crippen LogP contribution is 2.32. The molecule has 1 amide bonds. The van der Waals surface area contributed by atoms with E-state index in [2.05, 4.69) is 21.2 Å². The molecular formula is C22H20BrClN2O4S. The largest absolute Gasteiger partial charge is 0.495 e. The summed E-state index contributed by atoms with van der Waals surface area (Å²) in [7, 11) is -2.44. The quantitative estimate of drug-likeness (QED) is 0.439. The molecule has 0 heterocycles. The van der Waals surface area contributed by atoms with Crippen molar-refractivity contribution in [1.29, 1.82) is 0 Å². The Bertz CT molecular complexity index is 1200. The van der Waals surface area contributed by atoms with Gasteiger partial charge in [-0.2, -0.15) is 0 Å². The predicted molar refractivity (Wildman–Crippen MR) is 127 cm³/mol. The summed E-state index contributed by atoms with van der Waals surface area (Å²) in [4.78, 5) is 12.8. The molecule has 0 saturated heterocycles. The van der Waals surface area contributed by atoms with Crippen molar-refractivity contribution in [1.82, 2.24) is 0 Å². The van der Waals surface area contributed by atoms with E-state index in [1.54, 1.807) is 49.4 Å². The second-order valence-electron chi connectivity index (χ2n) is 6.45. The Balaban J connectivity index is 2.00. The van der Waals surface area contributed by atoms with Gasteiger partial charge in [-0.15, -0.1) is 0 Å². The van der Waals surface area contributed by atoms with Crippen molar-refractivity contribution in [3.63, 3.8) is 0 Å². The maximum Gasteiger partial charge on any atom is 0.264 e. The SMILES string of the molecule is CCN(c1ccccc1)S(=O)(=O)c1ccc(OC)c(NC(=O)c2cc(Br)ccc2Cl)c1. The number of ether oxygens (including phenoxy) is 1. The molecule has 1 N–H and O–H groups in total. The van der Waals surface area contributed by atoms with Crippen LogP contribution in [0.2, 0.25) is 5.02 Å². The molecule has 0 aliphatic carbocycles. The number of hydrogen-bond donors (Lipinski definition) is 1. The minimum Gasteiger partial charge on any atom is -0.495 e. The van der Waals surface area contributed by atoms with Crippen molar-refractivity contribution in [2.24, 2.45) is 0 Å². The Morgan fingerprint density at radius 1 is 1.10 bits per heavy atom. The topological polar surface area (TPSA) is 75.7 Å². The van der Waals surface area contributed by atoms with Gasteiger partial charge in [-0.1, -0.05) is 45.7 Å². The number of halogens is 2. The Labute approximate surface area is 195 Å². The first-order valence-electron chi connectivity index (χ1n) is 9.30. The number of sulfonamides is 1. The molecule has 0 aliphatic rings. The molecule has 3 aromatic rings. The first kappa shape index (κ1) is 23.1. The molecule has 31 heavy (non-hydrogen) atoms. The summed E-state index contributed by atoms with van der Waals surface area (Å²) in [5.74, 6) is -0.171. The lowest BCUT2D eigenvalue weighted by molar-refractivity contribution is 0.102. The van der Waals surface area contributed by atoms with E-state index in [-0.39, 0.29) is 27.7 Å². The Hall–Kier alpha value is -2.55. The van der Waals surface area contributed by atoms with Crippen LogP contribution in [0.15, 0.2) is 76.1 Å². The monoisotopic (exact) mass is 522 g/mol. The zero-order chi connectivity index (χ0) is 22.6. The zero-order valence-electron chi connectivity index (χ0n) is 16.8. The number of carbonyl (C=O) groups is 1. The lowest BCUT2D eigenvalue weighted by atomic mass is 10.2. The van der Waals surface area contributed by atoms with Crippen LogP contribution in [0.4, 0.5) is 11.4 Å². The average molecular weight is 524 g/mol. The Morgan fingerprint density at radius 2 is 1.81 bits per heavy atom. The van der Waals surface area contributed by atoms with E-state index >= 15 is 0 Å². The fraction of sp³-hybridized carbons (Fsp3) is 0.136. The van der Waals surface area contributed by atoms with Crippen LogP contribution in [0, 0.1) is 0 Å². The van der Waals surface area contributed by atoms with Gasteiger partial charge in [0.05, 0.1) is 34.0 Å². The summed E-state index contributed by atoms with van der Waals surface area (Å²) in [6.07, 6.45) is 0. The van der Waals surface area contributed by atoms with Gasteiger partial charge in [-0.3, -0.25) is 9.10 Å². The second-order valence-corrected chi connectivity index (χ2v) is 9.63. The van der Waals surface area contributed by atoms with Crippen LogP contribution in [0.1, 0.15) is 17.3 Å². The van der Waals surface area contributed by atoms with E-state index < -0.39 is 15.9 Å². The summed E-state index contributed by atoms with van der Waals surface area (Å²) in [5, 5.41) is 2.97. The molecule has 0 aromatic heterocycles. The van der Waals surface area contributed by atoms with Crippen molar-refractivity contribution in [3.05, 3.63) is 81.8 Å². The molecular weight excluding hydrogens is 504 g/mol. The number of nitrogens with zero attached hydrogens (tertiary/aromatic N) is 1. The number of carbonyl (C=O) groups excluding carboxylic acids is 1. The van der Waals surface area contributed by atoms with Gasteiger partial charge >= 0.3 is 0 Å². The van der Waals surface area contributed by atoms with Crippen LogP contribution in [-0.4, -0.2) is 28.0 Å². The van der Waals surface area contributed by atoms with Gasteiger partial charge in [0, 0.05) is 11.0 Å². The number of hydrogen-bond acceptors (Lipinski definition) is 4. The highest BCUT2D eigenvalue weighted by molar-refractivity contribution is 9.10. The van der Waals surface area contributed by atoms with Crippen molar-refractivity contribution in [2.45, 2.75) is 11.8 Å². The minimum absolute atomic E-state index is 0.0228. The number of methoxy groups -OCH3 is 1. The standard InChI is InChI=1S/C22H20BrClN2O4S/c1-3-26(16-7-5-4-6-8-16)31(28,29)17-10-12-21(30-2)20(14-17)25-22(27)18-13-15(23)9-11-19(18)24/h4-14H,3H2,1-2H3,(H,25,27). The number of nitrogens with one attached hydrogen (secondary N) is 1. The van der Waals surface area contributed by atoms with Gasteiger partial charge in [0.2, 0.25) is 0 Å². The fourth-order valence-corrected chi connectivity index (χ4v) is 5.08. The molecule has 0 unspecified atom stereocenters. The van der Waals surface area contributed by atoms with Gasteiger partial charge in [-0.05, 0) is 55.5 Å². The van der Waals surface area contributed by atoms with E-state index in [1.165, 1.54) is 29.6 Å². The molecule has 0 saturated carbocycles. The Kier molecular flexibility index (Phi) is 7.25. The number of para-hydroxylation sites is 1. The number of amides is 1. The maximum atomic E-state index is 13.3. The van der Waals surface area contributed by atoms with E-state index in [4.69, 9.17) is 16.3 Å². The van der Waals surface area contributed by atoms with Gasteiger partial charge in [0.15, 0.2) is 0 Å². The Morgan fingerprint density at radius 3 is 2.45 bits per heavy atom. The molecule has 3 aromatic carbocycles. The normalized spacial score (nSPS) is 11.1. The summed E-state index contributed by atoms with van der Waals surface area (Å²) >= 11 is 9.46. The molecule has 6 nitrogen and oxygen atoms in total. The number of anilines is 2. The van der Waals surface area contributed by atoms with E-state index in [1.807, 2.05) is 6.07 Å². The molecule has 9 heteroatoms. The lowest BCUT2D eigenvalue weighted by Crippen LogP contribution is -2.30. The zero-order valence-corrected chi connectivity index (χ0v) is 20.0. The van der Waals surface area contributed by atoms with Gasteiger partial charge in [-0.25, -0.2) is 8.42 Å². The molecule has 0 radical (unpaired) electrons. The van der Waals surface area contributed by atoms with Crippen LogP contribution >= 0.6 is 27.5 Å². The van der Waals surface area contributed by atoms with Crippen molar-refractivity contribution < 1.29 is 17.9 Å². The predicted octanol–water partition coefficient (Wildman–Crippen LogP) is 5.58. The summed E-state index contributed by atoms with van der Waals surface area (Å²) in [6, 6.07) is 18.0. The third-order valence-corrected chi connectivity index (χ3v) is 7.23.